The van der Waals surface area contributed by atoms with Gasteiger partial charge in [0.1, 0.15) is 0 Å². The minimum atomic E-state index is 0.271. The standard InChI is InChI=1S/C8H16INO/c1-3-4-7-10(2)8(11)5-6-9/h3-7H2,1-2H3. The number of halogens is 1. The first kappa shape index (κ1) is 11.2. The molecule has 11 heavy (non-hydrogen) atoms. The van der Waals surface area contributed by atoms with Gasteiger partial charge >= 0.3 is 0 Å². The van der Waals surface area contributed by atoms with Crippen molar-refractivity contribution in [3.8, 4) is 0 Å². The second-order valence-electron chi connectivity index (χ2n) is 2.61. The Morgan fingerprint density at radius 3 is 2.64 bits per heavy atom. The molecule has 66 valence electrons. The molecule has 0 rings (SSSR count). The first-order valence-corrected chi connectivity index (χ1v) is 5.54. The highest BCUT2D eigenvalue weighted by Crippen LogP contribution is 1.97. The largest absolute Gasteiger partial charge is 0.346 e. The van der Waals surface area contributed by atoms with Crippen LogP contribution in [0.5, 0.6) is 0 Å². The van der Waals surface area contributed by atoms with Crippen molar-refractivity contribution in [2.45, 2.75) is 26.2 Å². The molecule has 2 nitrogen and oxygen atoms in total. The topological polar surface area (TPSA) is 20.3 Å². The maximum absolute atomic E-state index is 11.2. The smallest absolute Gasteiger partial charge is 0.223 e. The Morgan fingerprint density at radius 1 is 1.55 bits per heavy atom. The van der Waals surface area contributed by atoms with Crippen LogP contribution in [0.25, 0.3) is 0 Å². The molecular formula is C8H16INO. The van der Waals surface area contributed by atoms with Crippen LogP contribution >= 0.6 is 22.6 Å². The fourth-order valence-electron chi connectivity index (χ4n) is 0.792. The van der Waals surface area contributed by atoms with Crippen LogP contribution < -0.4 is 0 Å². The van der Waals surface area contributed by atoms with Crippen molar-refractivity contribution in [1.29, 1.82) is 0 Å². The van der Waals surface area contributed by atoms with Gasteiger partial charge in [-0.15, -0.1) is 0 Å². The zero-order valence-electron chi connectivity index (χ0n) is 7.27. The van der Waals surface area contributed by atoms with Gasteiger partial charge in [0.15, 0.2) is 0 Å². The van der Waals surface area contributed by atoms with Crippen LogP contribution in [0.15, 0.2) is 0 Å². The van der Waals surface area contributed by atoms with E-state index in [0.29, 0.717) is 6.42 Å². The lowest BCUT2D eigenvalue weighted by Gasteiger charge is -2.15. The van der Waals surface area contributed by atoms with E-state index < -0.39 is 0 Å². The Kier molecular flexibility index (Phi) is 7.01. The summed E-state index contributed by atoms with van der Waals surface area (Å²) in [5, 5.41) is 0. The highest BCUT2D eigenvalue weighted by molar-refractivity contribution is 14.1. The third kappa shape index (κ3) is 5.47. The number of alkyl halides is 1. The van der Waals surface area contributed by atoms with Gasteiger partial charge in [-0.25, -0.2) is 0 Å². The number of amides is 1. The molecule has 1 amide bonds. The molecule has 0 aliphatic rings. The van der Waals surface area contributed by atoms with Gasteiger partial charge in [-0.2, -0.15) is 0 Å². The SMILES string of the molecule is CCCCN(C)C(=O)CCI. The minimum absolute atomic E-state index is 0.271. The summed E-state index contributed by atoms with van der Waals surface area (Å²) in [6.07, 6.45) is 2.95. The van der Waals surface area contributed by atoms with Gasteiger partial charge in [-0.3, -0.25) is 4.79 Å². The average molecular weight is 269 g/mol. The molecule has 0 unspecified atom stereocenters. The predicted octanol–water partition coefficient (Wildman–Crippen LogP) is 2.07. The molecule has 0 atom stereocenters. The van der Waals surface area contributed by atoms with Crippen LogP contribution in [0.3, 0.4) is 0 Å². The van der Waals surface area contributed by atoms with E-state index in [9.17, 15) is 4.79 Å². The summed E-state index contributed by atoms with van der Waals surface area (Å²) in [6.45, 7) is 3.04. The Morgan fingerprint density at radius 2 is 2.18 bits per heavy atom. The number of hydrogen-bond donors (Lipinski definition) is 0. The molecule has 0 aromatic heterocycles. The molecule has 0 N–H and O–H groups in total. The van der Waals surface area contributed by atoms with Crippen LogP contribution in [0.2, 0.25) is 0 Å². The summed E-state index contributed by atoms with van der Waals surface area (Å²) < 4.78 is 0.924. The Balaban J connectivity index is 3.46. The fourth-order valence-corrected chi connectivity index (χ4v) is 1.25. The summed E-state index contributed by atoms with van der Waals surface area (Å²) >= 11 is 2.23. The Bertz CT molecular complexity index is 117. The molecular weight excluding hydrogens is 253 g/mol. The van der Waals surface area contributed by atoms with Crippen molar-refractivity contribution < 1.29 is 4.79 Å². The second kappa shape index (κ2) is 6.88. The summed E-state index contributed by atoms with van der Waals surface area (Å²) in [6, 6.07) is 0. The van der Waals surface area contributed by atoms with Crippen LogP contribution in [-0.4, -0.2) is 28.8 Å². The fraction of sp³-hybridized carbons (Fsp3) is 0.875. The average Bonchev–Trinajstić information content (AvgIpc) is 2.00. The third-order valence-electron chi connectivity index (χ3n) is 1.58. The highest BCUT2D eigenvalue weighted by atomic mass is 127. The molecule has 0 bridgehead atoms. The molecule has 0 aromatic carbocycles. The van der Waals surface area contributed by atoms with Crippen molar-refractivity contribution in [3.63, 3.8) is 0 Å². The molecule has 0 saturated heterocycles. The summed E-state index contributed by atoms with van der Waals surface area (Å²) in [5.41, 5.74) is 0. The van der Waals surface area contributed by atoms with Crippen LogP contribution in [-0.2, 0) is 4.79 Å². The zero-order chi connectivity index (χ0) is 8.69. The lowest BCUT2D eigenvalue weighted by Crippen LogP contribution is -2.27. The predicted molar refractivity (Wildman–Crippen MR) is 56.0 cm³/mol. The molecule has 0 aliphatic carbocycles. The van der Waals surface area contributed by atoms with Crippen LogP contribution in [0.1, 0.15) is 26.2 Å². The number of nitrogens with zero attached hydrogens (tertiary/aromatic N) is 1. The quantitative estimate of drug-likeness (QED) is 0.552. The highest BCUT2D eigenvalue weighted by Gasteiger charge is 2.05. The zero-order valence-corrected chi connectivity index (χ0v) is 9.43. The van der Waals surface area contributed by atoms with E-state index in [4.69, 9.17) is 0 Å². The van der Waals surface area contributed by atoms with E-state index in [1.165, 1.54) is 0 Å². The molecule has 0 heterocycles. The Labute approximate surface area is 82.5 Å². The molecule has 0 fully saturated rings. The summed E-state index contributed by atoms with van der Waals surface area (Å²) in [4.78, 5) is 13.0. The van der Waals surface area contributed by atoms with E-state index in [1.807, 2.05) is 11.9 Å². The van der Waals surface area contributed by atoms with Gasteiger partial charge in [0, 0.05) is 24.4 Å². The van der Waals surface area contributed by atoms with Gasteiger partial charge in [0.25, 0.3) is 0 Å². The maximum Gasteiger partial charge on any atom is 0.223 e. The maximum atomic E-state index is 11.2. The number of hydrogen-bond acceptors (Lipinski definition) is 1. The van der Waals surface area contributed by atoms with Crippen molar-refractivity contribution in [3.05, 3.63) is 0 Å². The lowest BCUT2D eigenvalue weighted by atomic mass is 10.3. The van der Waals surface area contributed by atoms with Gasteiger partial charge in [-0.05, 0) is 6.42 Å². The molecule has 0 aliphatic heterocycles. The van der Waals surface area contributed by atoms with Crippen LogP contribution in [0, 0.1) is 0 Å². The monoisotopic (exact) mass is 269 g/mol. The van der Waals surface area contributed by atoms with E-state index in [-0.39, 0.29) is 5.91 Å². The first-order valence-electron chi connectivity index (χ1n) is 4.02. The van der Waals surface area contributed by atoms with Crippen LogP contribution in [0.4, 0.5) is 0 Å². The van der Waals surface area contributed by atoms with Crippen molar-refractivity contribution in [2.75, 3.05) is 18.0 Å². The number of carbonyl (C=O) groups is 1. The van der Waals surface area contributed by atoms with Gasteiger partial charge in [-0.1, -0.05) is 35.9 Å². The molecule has 0 saturated carbocycles. The van der Waals surface area contributed by atoms with Crippen molar-refractivity contribution >= 4 is 28.5 Å². The van der Waals surface area contributed by atoms with E-state index >= 15 is 0 Å². The summed E-state index contributed by atoms with van der Waals surface area (Å²) in [5.74, 6) is 0.271. The number of unbranched alkanes of at least 4 members (excludes halogenated alkanes) is 1. The normalized spacial score (nSPS) is 9.73. The molecule has 3 heteroatoms. The first-order chi connectivity index (χ1) is 5.22. The number of carbonyl (C=O) groups excluding carboxylic acids is 1. The van der Waals surface area contributed by atoms with Gasteiger partial charge < -0.3 is 4.90 Å². The summed E-state index contributed by atoms with van der Waals surface area (Å²) in [7, 11) is 1.88. The van der Waals surface area contributed by atoms with Gasteiger partial charge in [0.05, 0.1) is 0 Å². The van der Waals surface area contributed by atoms with E-state index in [1.54, 1.807) is 0 Å². The molecule has 0 aromatic rings. The van der Waals surface area contributed by atoms with E-state index in [2.05, 4.69) is 29.5 Å². The Hall–Kier alpha value is 0.200. The minimum Gasteiger partial charge on any atom is -0.346 e. The number of rotatable bonds is 5. The molecule has 0 spiro atoms. The molecule has 0 radical (unpaired) electrons. The lowest BCUT2D eigenvalue weighted by molar-refractivity contribution is -0.129. The van der Waals surface area contributed by atoms with E-state index in [0.717, 1.165) is 23.8 Å². The van der Waals surface area contributed by atoms with Gasteiger partial charge in [0.2, 0.25) is 5.91 Å². The van der Waals surface area contributed by atoms with Crippen molar-refractivity contribution in [1.82, 2.24) is 4.90 Å². The third-order valence-corrected chi connectivity index (χ3v) is 2.12. The second-order valence-corrected chi connectivity index (χ2v) is 3.69. The van der Waals surface area contributed by atoms with Crippen molar-refractivity contribution in [2.24, 2.45) is 0 Å².